The average molecular weight is 400 g/mol. The highest BCUT2D eigenvalue weighted by molar-refractivity contribution is 8.04. The molecule has 1 atom stereocenters. The topological polar surface area (TPSA) is 54.9 Å². The molecule has 128 valence electrons. The van der Waals surface area contributed by atoms with Gasteiger partial charge >= 0.3 is 0 Å². The second kappa shape index (κ2) is 8.89. The van der Waals surface area contributed by atoms with Crippen molar-refractivity contribution in [2.45, 2.75) is 34.7 Å². The maximum absolute atomic E-state index is 12.4. The van der Waals surface area contributed by atoms with Gasteiger partial charge in [-0.25, -0.2) is 0 Å². The fourth-order valence-corrected chi connectivity index (χ4v) is 4.85. The molecule has 4 nitrogen and oxygen atoms in total. The summed E-state index contributed by atoms with van der Waals surface area (Å²) in [5.74, 6) is 0.736. The van der Waals surface area contributed by atoms with Crippen molar-refractivity contribution in [3.8, 4) is 0 Å². The van der Waals surface area contributed by atoms with E-state index in [0.29, 0.717) is 5.02 Å². The van der Waals surface area contributed by atoms with Gasteiger partial charge in [-0.05, 0) is 38.5 Å². The first kappa shape index (κ1) is 19.3. The monoisotopic (exact) mass is 399 g/mol. The number of nitrogens with zero attached hydrogens (tertiary/aromatic N) is 2. The molecule has 0 aliphatic carbocycles. The maximum Gasteiger partial charge on any atom is 0.237 e. The minimum Gasteiger partial charge on any atom is -0.325 e. The molecular weight excluding hydrogens is 382 g/mol. The molecular formula is C16H18ClN3OS3. The van der Waals surface area contributed by atoms with Crippen molar-refractivity contribution < 1.29 is 4.79 Å². The van der Waals surface area contributed by atoms with Crippen LogP contribution >= 0.6 is 46.5 Å². The molecule has 0 aliphatic rings. The second-order valence-corrected chi connectivity index (χ2v) is 9.44. The van der Waals surface area contributed by atoms with Gasteiger partial charge in [0.2, 0.25) is 5.91 Å². The van der Waals surface area contributed by atoms with Crippen molar-refractivity contribution in [2.75, 3.05) is 11.1 Å². The SMILES string of the molecule is C=C(C)CSc1nnc(S[C@H](C)C(=O)Nc2cccc(Cl)c2C)s1. The van der Waals surface area contributed by atoms with Crippen LogP contribution in [-0.4, -0.2) is 27.1 Å². The molecule has 0 saturated carbocycles. The Morgan fingerprint density at radius 3 is 2.83 bits per heavy atom. The maximum atomic E-state index is 12.4. The van der Waals surface area contributed by atoms with Crippen molar-refractivity contribution in [1.29, 1.82) is 0 Å². The zero-order valence-corrected chi connectivity index (χ0v) is 16.8. The normalized spacial score (nSPS) is 12.0. The Labute approximate surface area is 159 Å². The number of aromatic nitrogens is 2. The standard InChI is InChI=1S/C16H18ClN3OS3/c1-9(2)8-22-15-19-20-16(24-15)23-11(4)14(21)18-13-7-5-6-12(17)10(13)3/h5-7,11H,1,8H2,2-4H3,(H,18,21)/t11-/m1/s1. The number of halogens is 1. The van der Waals surface area contributed by atoms with Crippen molar-refractivity contribution in [2.24, 2.45) is 0 Å². The number of hydrogen-bond acceptors (Lipinski definition) is 6. The molecule has 24 heavy (non-hydrogen) atoms. The lowest BCUT2D eigenvalue weighted by molar-refractivity contribution is -0.115. The summed E-state index contributed by atoms with van der Waals surface area (Å²) in [4.78, 5) is 12.4. The van der Waals surface area contributed by atoms with Crippen LogP contribution in [0.1, 0.15) is 19.4 Å². The molecule has 0 unspecified atom stereocenters. The molecule has 8 heteroatoms. The average Bonchev–Trinajstić information content (AvgIpc) is 2.97. The van der Waals surface area contributed by atoms with E-state index in [9.17, 15) is 4.79 Å². The molecule has 1 aromatic carbocycles. The minimum absolute atomic E-state index is 0.0864. The lowest BCUT2D eigenvalue weighted by atomic mass is 10.2. The molecule has 1 heterocycles. The number of amides is 1. The number of rotatable bonds is 7. The predicted molar refractivity (Wildman–Crippen MR) is 106 cm³/mol. The molecule has 1 N–H and O–H groups in total. The summed E-state index contributed by atoms with van der Waals surface area (Å²) in [6, 6.07) is 5.46. The first-order valence-corrected chi connectivity index (χ1v) is 10.3. The summed E-state index contributed by atoms with van der Waals surface area (Å²) in [5, 5.41) is 11.5. The molecule has 1 aromatic heterocycles. The van der Waals surface area contributed by atoms with Crippen LogP contribution in [0.3, 0.4) is 0 Å². The predicted octanol–water partition coefficient (Wildman–Crippen LogP) is 5.29. The number of anilines is 1. The first-order chi connectivity index (χ1) is 11.4. The van der Waals surface area contributed by atoms with Crippen LogP contribution in [0.25, 0.3) is 0 Å². The molecule has 0 radical (unpaired) electrons. The zero-order chi connectivity index (χ0) is 17.7. The number of carbonyl (C=O) groups is 1. The van der Waals surface area contributed by atoms with Crippen LogP contribution in [0.15, 0.2) is 39.0 Å². The fraction of sp³-hybridized carbons (Fsp3) is 0.312. The molecule has 0 saturated heterocycles. The van der Waals surface area contributed by atoms with Crippen molar-refractivity contribution in [3.05, 3.63) is 40.9 Å². The largest absolute Gasteiger partial charge is 0.325 e. The van der Waals surface area contributed by atoms with E-state index >= 15 is 0 Å². The van der Waals surface area contributed by atoms with Gasteiger partial charge in [0.1, 0.15) is 0 Å². The summed E-state index contributed by atoms with van der Waals surface area (Å²) in [7, 11) is 0. The van der Waals surface area contributed by atoms with E-state index in [1.54, 1.807) is 17.8 Å². The van der Waals surface area contributed by atoms with Crippen LogP contribution in [0, 0.1) is 6.92 Å². The Morgan fingerprint density at radius 1 is 1.42 bits per heavy atom. The summed E-state index contributed by atoms with van der Waals surface area (Å²) < 4.78 is 1.67. The molecule has 0 spiro atoms. The highest BCUT2D eigenvalue weighted by Gasteiger charge is 2.18. The number of hydrogen-bond donors (Lipinski definition) is 1. The fourth-order valence-electron chi connectivity index (χ4n) is 1.67. The highest BCUT2D eigenvalue weighted by atomic mass is 35.5. The van der Waals surface area contributed by atoms with Gasteiger partial charge in [-0.3, -0.25) is 4.79 Å². The van der Waals surface area contributed by atoms with Crippen LogP contribution in [0.4, 0.5) is 5.69 Å². The molecule has 2 aromatic rings. The van der Waals surface area contributed by atoms with E-state index in [1.165, 1.54) is 23.1 Å². The second-order valence-electron chi connectivity index (χ2n) is 5.24. The summed E-state index contributed by atoms with van der Waals surface area (Å²) in [6.45, 7) is 9.58. The van der Waals surface area contributed by atoms with E-state index in [4.69, 9.17) is 11.6 Å². The summed E-state index contributed by atoms with van der Waals surface area (Å²) in [5.41, 5.74) is 2.68. The van der Waals surface area contributed by atoms with Crippen molar-refractivity contribution in [3.63, 3.8) is 0 Å². The molecule has 0 fully saturated rings. The Bertz CT molecular complexity index is 748. The smallest absolute Gasteiger partial charge is 0.237 e. The van der Waals surface area contributed by atoms with Crippen molar-refractivity contribution >= 4 is 58.1 Å². The highest BCUT2D eigenvalue weighted by Crippen LogP contribution is 2.32. The lowest BCUT2D eigenvalue weighted by Crippen LogP contribution is -2.22. The van der Waals surface area contributed by atoms with Crippen molar-refractivity contribution in [1.82, 2.24) is 10.2 Å². The minimum atomic E-state index is -0.282. The number of carbonyl (C=O) groups excluding carboxylic acids is 1. The van der Waals surface area contributed by atoms with Crippen LogP contribution < -0.4 is 5.32 Å². The summed E-state index contributed by atoms with van der Waals surface area (Å²) in [6.07, 6.45) is 0. The van der Waals surface area contributed by atoms with Gasteiger partial charge < -0.3 is 5.32 Å². The van der Waals surface area contributed by atoms with Gasteiger partial charge in [0.15, 0.2) is 8.68 Å². The molecule has 0 bridgehead atoms. The third-order valence-corrected chi connectivity index (χ3v) is 6.88. The summed E-state index contributed by atoms with van der Waals surface area (Å²) >= 11 is 10.6. The lowest BCUT2D eigenvalue weighted by Gasteiger charge is -2.12. The van der Waals surface area contributed by atoms with Crippen LogP contribution in [0.5, 0.6) is 0 Å². The number of benzene rings is 1. The number of nitrogens with one attached hydrogen (secondary N) is 1. The third kappa shape index (κ3) is 5.51. The first-order valence-electron chi connectivity index (χ1n) is 7.20. The van der Waals surface area contributed by atoms with Gasteiger partial charge in [0.25, 0.3) is 0 Å². The van der Waals surface area contributed by atoms with Gasteiger partial charge in [-0.1, -0.05) is 64.7 Å². The molecule has 1 amide bonds. The zero-order valence-electron chi connectivity index (χ0n) is 13.6. The molecule has 0 aliphatic heterocycles. The van der Waals surface area contributed by atoms with E-state index < -0.39 is 0 Å². The quantitative estimate of drug-likeness (QED) is 0.506. The van der Waals surface area contributed by atoms with Crippen LogP contribution in [-0.2, 0) is 4.79 Å². The van der Waals surface area contributed by atoms with E-state index in [-0.39, 0.29) is 11.2 Å². The van der Waals surface area contributed by atoms with Gasteiger partial charge in [0.05, 0.1) is 5.25 Å². The van der Waals surface area contributed by atoms with Gasteiger partial charge in [-0.2, -0.15) is 0 Å². The van der Waals surface area contributed by atoms with Crippen LogP contribution in [0.2, 0.25) is 5.02 Å². The Hall–Kier alpha value is -1.02. The van der Waals surface area contributed by atoms with Gasteiger partial charge in [0, 0.05) is 16.5 Å². The third-order valence-electron chi connectivity index (χ3n) is 3.00. The Kier molecular flexibility index (Phi) is 7.16. The van der Waals surface area contributed by atoms with E-state index in [1.807, 2.05) is 32.9 Å². The Morgan fingerprint density at radius 2 is 2.12 bits per heavy atom. The number of thioether (sulfide) groups is 2. The van der Waals surface area contributed by atoms with E-state index in [2.05, 4.69) is 22.1 Å². The van der Waals surface area contributed by atoms with Gasteiger partial charge in [-0.15, -0.1) is 10.2 Å². The Balaban J connectivity index is 1.94. The molecule has 2 rings (SSSR count). The van der Waals surface area contributed by atoms with E-state index in [0.717, 1.165) is 31.3 Å².